The van der Waals surface area contributed by atoms with Crippen molar-refractivity contribution in [3.8, 4) is 5.75 Å². The van der Waals surface area contributed by atoms with Gasteiger partial charge in [-0.1, -0.05) is 12.1 Å². The standard InChI is InChI=1S/C12H14N2O3/c1-8(15)11(13-2)12(16)14-9-6-4-5-7-10(9)17-3/h4-7H,1-3H3,(H,14,16). The molecule has 0 unspecified atom stereocenters. The van der Waals surface area contributed by atoms with E-state index in [1.165, 1.54) is 21.1 Å². The van der Waals surface area contributed by atoms with Crippen LogP contribution in [0.5, 0.6) is 5.75 Å². The number of aliphatic imine (C=N–C) groups is 1. The summed E-state index contributed by atoms with van der Waals surface area (Å²) < 4.78 is 5.08. The van der Waals surface area contributed by atoms with Crippen molar-refractivity contribution in [3.63, 3.8) is 0 Å². The van der Waals surface area contributed by atoms with E-state index < -0.39 is 5.91 Å². The maximum atomic E-state index is 11.7. The van der Waals surface area contributed by atoms with Crippen molar-refractivity contribution in [2.24, 2.45) is 4.99 Å². The number of benzene rings is 1. The molecule has 0 aliphatic heterocycles. The molecule has 0 bridgehead atoms. The molecule has 0 radical (unpaired) electrons. The molecule has 0 aliphatic carbocycles. The summed E-state index contributed by atoms with van der Waals surface area (Å²) in [7, 11) is 2.91. The van der Waals surface area contributed by atoms with Crippen LogP contribution in [-0.4, -0.2) is 31.6 Å². The molecule has 0 aromatic heterocycles. The first-order chi connectivity index (χ1) is 8.10. The highest BCUT2D eigenvalue weighted by atomic mass is 16.5. The van der Waals surface area contributed by atoms with Crippen molar-refractivity contribution in [3.05, 3.63) is 24.3 Å². The van der Waals surface area contributed by atoms with Crippen LogP contribution in [0.1, 0.15) is 6.92 Å². The fourth-order valence-corrected chi connectivity index (χ4v) is 1.35. The van der Waals surface area contributed by atoms with Crippen molar-refractivity contribution in [1.82, 2.24) is 0 Å². The monoisotopic (exact) mass is 234 g/mol. The molecule has 0 saturated carbocycles. The molecular weight excluding hydrogens is 220 g/mol. The van der Waals surface area contributed by atoms with Gasteiger partial charge in [0, 0.05) is 14.0 Å². The van der Waals surface area contributed by atoms with Crippen molar-refractivity contribution in [2.75, 3.05) is 19.5 Å². The van der Waals surface area contributed by atoms with Crippen LogP contribution in [0.2, 0.25) is 0 Å². The van der Waals surface area contributed by atoms with E-state index in [-0.39, 0.29) is 11.5 Å². The van der Waals surface area contributed by atoms with Gasteiger partial charge in [-0.15, -0.1) is 0 Å². The third-order valence-corrected chi connectivity index (χ3v) is 2.13. The van der Waals surface area contributed by atoms with E-state index >= 15 is 0 Å². The lowest BCUT2D eigenvalue weighted by molar-refractivity contribution is -0.114. The molecule has 1 aromatic rings. The number of hydrogen-bond donors (Lipinski definition) is 1. The lowest BCUT2D eigenvalue weighted by Crippen LogP contribution is -2.28. The molecule has 5 heteroatoms. The van der Waals surface area contributed by atoms with Gasteiger partial charge in [0.2, 0.25) is 0 Å². The molecule has 17 heavy (non-hydrogen) atoms. The average molecular weight is 234 g/mol. The fourth-order valence-electron chi connectivity index (χ4n) is 1.35. The van der Waals surface area contributed by atoms with Gasteiger partial charge in [-0.25, -0.2) is 0 Å². The Morgan fingerprint density at radius 1 is 1.29 bits per heavy atom. The number of ketones is 1. The summed E-state index contributed by atoms with van der Waals surface area (Å²) in [5.74, 6) is -0.385. The van der Waals surface area contributed by atoms with Crippen LogP contribution in [0.15, 0.2) is 29.3 Å². The summed E-state index contributed by atoms with van der Waals surface area (Å²) >= 11 is 0. The molecular formula is C12H14N2O3. The number of Topliss-reactive ketones (excluding diaryl/α,β-unsaturated/α-hetero) is 1. The number of nitrogens with one attached hydrogen (secondary N) is 1. The quantitative estimate of drug-likeness (QED) is 0.630. The minimum Gasteiger partial charge on any atom is -0.495 e. The van der Waals surface area contributed by atoms with Gasteiger partial charge in [0.25, 0.3) is 5.91 Å². The summed E-state index contributed by atoms with van der Waals surface area (Å²) in [5, 5.41) is 2.58. The lowest BCUT2D eigenvalue weighted by Gasteiger charge is -2.09. The first kappa shape index (κ1) is 12.9. The summed E-state index contributed by atoms with van der Waals surface area (Å²) in [6.07, 6.45) is 0. The third kappa shape index (κ3) is 3.14. The molecule has 0 atom stereocenters. The van der Waals surface area contributed by atoms with Crippen LogP contribution in [0, 0.1) is 0 Å². The van der Waals surface area contributed by atoms with Crippen LogP contribution in [0.4, 0.5) is 5.69 Å². The Hall–Kier alpha value is -2.17. The molecule has 90 valence electrons. The van der Waals surface area contributed by atoms with Gasteiger partial charge < -0.3 is 10.1 Å². The van der Waals surface area contributed by atoms with Gasteiger partial charge >= 0.3 is 0 Å². The van der Waals surface area contributed by atoms with Crippen LogP contribution < -0.4 is 10.1 Å². The van der Waals surface area contributed by atoms with Crippen LogP contribution >= 0.6 is 0 Å². The molecule has 1 amide bonds. The highest BCUT2D eigenvalue weighted by molar-refractivity contribution is 6.67. The van der Waals surface area contributed by atoms with Crippen LogP contribution in [0.25, 0.3) is 0 Å². The molecule has 1 N–H and O–H groups in total. The molecule has 1 rings (SSSR count). The number of anilines is 1. The Labute approximate surface area is 99.5 Å². The Morgan fingerprint density at radius 2 is 1.94 bits per heavy atom. The summed E-state index contributed by atoms with van der Waals surface area (Å²) in [4.78, 5) is 26.5. The van der Waals surface area contributed by atoms with Crippen molar-refractivity contribution >= 4 is 23.1 Å². The third-order valence-electron chi connectivity index (χ3n) is 2.13. The minimum atomic E-state index is -0.537. The van der Waals surface area contributed by atoms with E-state index in [1.807, 2.05) is 0 Å². The first-order valence-corrected chi connectivity index (χ1v) is 5.02. The van der Waals surface area contributed by atoms with E-state index in [0.717, 1.165) is 0 Å². The van der Waals surface area contributed by atoms with E-state index in [4.69, 9.17) is 4.74 Å². The summed E-state index contributed by atoms with van der Waals surface area (Å²) in [6, 6.07) is 6.94. The second kappa shape index (κ2) is 5.79. The van der Waals surface area contributed by atoms with Gasteiger partial charge in [0.05, 0.1) is 12.8 Å². The predicted octanol–water partition coefficient (Wildman–Crippen LogP) is 1.29. The molecule has 1 aromatic carbocycles. The Morgan fingerprint density at radius 3 is 2.47 bits per heavy atom. The van der Waals surface area contributed by atoms with Crippen molar-refractivity contribution in [2.45, 2.75) is 6.92 Å². The maximum Gasteiger partial charge on any atom is 0.277 e. The zero-order valence-corrected chi connectivity index (χ0v) is 9.98. The molecule has 0 aliphatic rings. The van der Waals surface area contributed by atoms with E-state index in [1.54, 1.807) is 24.3 Å². The van der Waals surface area contributed by atoms with Gasteiger partial charge in [-0.3, -0.25) is 14.6 Å². The topological polar surface area (TPSA) is 67.8 Å². The number of hydrogen-bond acceptors (Lipinski definition) is 4. The number of ether oxygens (including phenoxy) is 1. The zero-order valence-electron chi connectivity index (χ0n) is 9.98. The molecule has 0 saturated heterocycles. The largest absolute Gasteiger partial charge is 0.495 e. The van der Waals surface area contributed by atoms with Crippen molar-refractivity contribution in [1.29, 1.82) is 0 Å². The number of methoxy groups -OCH3 is 1. The Balaban J connectivity index is 2.91. The predicted molar refractivity (Wildman–Crippen MR) is 65.7 cm³/mol. The summed E-state index contributed by atoms with van der Waals surface area (Å²) in [5.41, 5.74) is 0.387. The van der Waals surface area contributed by atoms with E-state index in [9.17, 15) is 9.59 Å². The zero-order chi connectivity index (χ0) is 12.8. The first-order valence-electron chi connectivity index (χ1n) is 5.02. The Bertz CT molecular complexity index is 467. The highest BCUT2D eigenvalue weighted by Gasteiger charge is 2.16. The van der Waals surface area contributed by atoms with Gasteiger partial charge in [0.1, 0.15) is 5.75 Å². The second-order valence-electron chi connectivity index (χ2n) is 3.28. The van der Waals surface area contributed by atoms with Gasteiger partial charge in [-0.05, 0) is 12.1 Å². The molecule has 0 fully saturated rings. The number of rotatable bonds is 4. The van der Waals surface area contributed by atoms with Crippen LogP contribution in [-0.2, 0) is 9.59 Å². The van der Waals surface area contributed by atoms with Gasteiger partial charge in [-0.2, -0.15) is 0 Å². The normalized spacial score (nSPS) is 10.9. The number of amides is 1. The van der Waals surface area contributed by atoms with E-state index in [2.05, 4.69) is 10.3 Å². The number of carbonyl (C=O) groups is 2. The SMILES string of the molecule is CN=C(C(C)=O)C(=O)Nc1ccccc1OC. The number of para-hydroxylation sites is 2. The molecule has 0 spiro atoms. The van der Waals surface area contributed by atoms with Gasteiger partial charge in [0.15, 0.2) is 11.5 Å². The van der Waals surface area contributed by atoms with Crippen LogP contribution in [0.3, 0.4) is 0 Å². The minimum absolute atomic E-state index is 0.115. The fraction of sp³-hybridized carbons (Fsp3) is 0.250. The summed E-state index contributed by atoms with van der Waals surface area (Å²) in [6.45, 7) is 1.30. The Kier molecular flexibility index (Phi) is 4.39. The second-order valence-corrected chi connectivity index (χ2v) is 3.28. The number of nitrogens with zero attached hydrogens (tertiary/aromatic N) is 1. The van der Waals surface area contributed by atoms with Crippen molar-refractivity contribution < 1.29 is 14.3 Å². The smallest absolute Gasteiger partial charge is 0.277 e. The van der Waals surface area contributed by atoms with E-state index in [0.29, 0.717) is 11.4 Å². The maximum absolute atomic E-state index is 11.7. The lowest BCUT2D eigenvalue weighted by atomic mass is 10.2. The average Bonchev–Trinajstić information content (AvgIpc) is 2.30. The highest BCUT2D eigenvalue weighted by Crippen LogP contribution is 2.22. The number of carbonyl (C=O) groups excluding carboxylic acids is 2. The molecule has 0 heterocycles. The molecule has 5 nitrogen and oxygen atoms in total.